The molecule has 0 aliphatic carbocycles. The molecule has 0 aliphatic rings. The molecule has 0 radical (unpaired) electrons. The molecule has 2 aromatic carbocycles. The second-order valence-corrected chi connectivity index (χ2v) is 4.82. The van der Waals surface area contributed by atoms with Gasteiger partial charge in [-0.15, -0.1) is 0 Å². The van der Waals surface area contributed by atoms with E-state index in [0.717, 1.165) is 0 Å². The third kappa shape index (κ3) is 2.88. The number of hydrogen-bond acceptors (Lipinski definition) is 4. The lowest BCUT2D eigenvalue weighted by Crippen LogP contribution is -2.01. The van der Waals surface area contributed by atoms with Gasteiger partial charge >= 0.3 is 5.69 Å². The van der Waals surface area contributed by atoms with Crippen molar-refractivity contribution >= 4 is 38.7 Å². The minimum Gasteiger partial charge on any atom is -0.382 e. The van der Waals surface area contributed by atoms with Gasteiger partial charge < -0.3 is 10.6 Å². The highest BCUT2D eigenvalue weighted by Crippen LogP contribution is 2.35. The molecule has 2 N–H and O–H groups in total. The van der Waals surface area contributed by atoms with Crippen LogP contribution in [-0.4, -0.2) is 12.0 Å². The van der Waals surface area contributed by atoms with Crippen LogP contribution in [0.4, 0.5) is 27.1 Å². The molecular formula is C13H11BrFN3O2. The monoisotopic (exact) mass is 339 g/mol. The first-order chi connectivity index (χ1) is 9.52. The third-order valence-electron chi connectivity index (χ3n) is 2.69. The largest absolute Gasteiger partial charge is 0.382 e. The molecule has 0 saturated carbocycles. The molecule has 104 valence electrons. The first kappa shape index (κ1) is 14.3. The van der Waals surface area contributed by atoms with Crippen molar-refractivity contribution in [2.75, 3.05) is 17.7 Å². The molecule has 0 aliphatic heterocycles. The van der Waals surface area contributed by atoms with Crippen LogP contribution < -0.4 is 10.6 Å². The van der Waals surface area contributed by atoms with Gasteiger partial charge in [-0.1, -0.05) is 6.07 Å². The van der Waals surface area contributed by atoms with E-state index in [1.54, 1.807) is 25.2 Å². The molecule has 0 aromatic heterocycles. The highest BCUT2D eigenvalue weighted by molar-refractivity contribution is 9.10. The highest BCUT2D eigenvalue weighted by Gasteiger charge is 2.19. The minimum atomic E-state index is -0.466. The lowest BCUT2D eigenvalue weighted by molar-refractivity contribution is -0.383. The summed E-state index contributed by atoms with van der Waals surface area (Å²) in [4.78, 5) is 10.7. The molecule has 0 atom stereocenters. The van der Waals surface area contributed by atoms with Gasteiger partial charge in [-0.2, -0.15) is 0 Å². The Morgan fingerprint density at radius 2 is 1.95 bits per heavy atom. The maximum absolute atomic E-state index is 13.2. The van der Waals surface area contributed by atoms with Gasteiger partial charge in [-0.3, -0.25) is 10.1 Å². The van der Waals surface area contributed by atoms with Crippen molar-refractivity contribution in [1.82, 2.24) is 0 Å². The minimum absolute atomic E-state index is 0.0598. The second kappa shape index (κ2) is 5.87. The first-order valence-electron chi connectivity index (χ1n) is 5.70. The van der Waals surface area contributed by atoms with Crippen LogP contribution in [0.3, 0.4) is 0 Å². The molecule has 0 saturated heterocycles. The third-order valence-corrected chi connectivity index (χ3v) is 3.29. The molecule has 7 heteroatoms. The zero-order valence-corrected chi connectivity index (χ0v) is 12.1. The smallest absolute Gasteiger partial charge is 0.315 e. The van der Waals surface area contributed by atoms with E-state index in [9.17, 15) is 14.5 Å². The maximum atomic E-state index is 13.2. The fourth-order valence-corrected chi connectivity index (χ4v) is 2.15. The molecule has 2 aromatic rings. The van der Waals surface area contributed by atoms with Crippen molar-refractivity contribution in [3.05, 3.63) is 56.8 Å². The number of benzene rings is 2. The van der Waals surface area contributed by atoms with Crippen LogP contribution in [-0.2, 0) is 0 Å². The highest BCUT2D eigenvalue weighted by atomic mass is 79.9. The lowest BCUT2D eigenvalue weighted by atomic mass is 10.2. The summed E-state index contributed by atoms with van der Waals surface area (Å²) >= 11 is 3.07. The molecule has 0 amide bonds. The van der Waals surface area contributed by atoms with Crippen LogP contribution in [0, 0.1) is 15.9 Å². The van der Waals surface area contributed by atoms with E-state index in [1.165, 1.54) is 18.2 Å². The zero-order chi connectivity index (χ0) is 14.7. The number of anilines is 3. The van der Waals surface area contributed by atoms with Gasteiger partial charge in [-0.05, 0) is 46.3 Å². The summed E-state index contributed by atoms with van der Waals surface area (Å²) in [6.45, 7) is 0. The van der Waals surface area contributed by atoms with Crippen molar-refractivity contribution in [3.8, 4) is 0 Å². The van der Waals surface area contributed by atoms with Gasteiger partial charge in [0.1, 0.15) is 17.2 Å². The van der Waals surface area contributed by atoms with Crippen molar-refractivity contribution in [1.29, 1.82) is 0 Å². The molecule has 0 fully saturated rings. The van der Waals surface area contributed by atoms with Crippen LogP contribution >= 0.6 is 15.9 Å². The second-order valence-electron chi connectivity index (χ2n) is 3.96. The quantitative estimate of drug-likeness (QED) is 0.644. The van der Waals surface area contributed by atoms with E-state index in [1.807, 2.05) is 0 Å². The van der Waals surface area contributed by atoms with Gasteiger partial charge in [0.2, 0.25) is 0 Å². The standard InChI is InChI=1S/C13H11BrFN3O2/c1-16-11-3-2-4-12(13(11)18(19)20)17-8-5-6-10(15)9(14)7-8/h2-7,16-17H,1H3. The van der Waals surface area contributed by atoms with Crippen LogP contribution in [0.15, 0.2) is 40.9 Å². The topological polar surface area (TPSA) is 67.2 Å². The van der Waals surface area contributed by atoms with E-state index < -0.39 is 10.7 Å². The Kier molecular flexibility index (Phi) is 4.19. The maximum Gasteiger partial charge on any atom is 0.315 e. The Balaban J connectivity index is 2.42. The van der Waals surface area contributed by atoms with Crippen molar-refractivity contribution < 1.29 is 9.31 Å². The number of hydrogen-bond donors (Lipinski definition) is 2. The van der Waals surface area contributed by atoms with Gasteiger partial charge in [0.05, 0.1) is 9.40 Å². The zero-order valence-electron chi connectivity index (χ0n) is 10.5. The molecular weight excluding hydrogens is 329 g/mol. The normalized spacial score (nSPS) is 10.2. The van der Waals surface area contributed by atoms with Crippen molar-refractivity contribution in [2.24, 2.45) is 0 Å². The predicted octanol–water partition coefficient (Wildman–Crippen LogP) is 4.28. The summed E-state index contributed by atoms with van der Waals surface area (Å²) in [6.07, 6.45) is 0. The fourth-order valence-electron chi connectivity index (χ4n) is 1.77. The van der Waals surface area contributed by atoms with E-state index in [0.29, 0.717) is 17.1 Å². The summed E-state index contributed by atoms with van der Waals surface area (Å²) in [5.41, 5.74) is 1.23. The number of nitrogens with one attached hydrogen (secondary N) is 2. The van der Waals surface area contributed by atoms with E-state index >= 15 is 0 Å². The van der Waals surface area contributed by atoms with Gasteiger partial charge in [0, 0.05) is 12.7 Å². The first-order valence-corrected chi connectivity index (χ1v) is 6.49. The van der Waals surface area contributed by atoms with E-state index in [2.05, 4.69) is 26.6 Å². The van der Waals surface area contributed by atoms with Crippen LogP contribution in [0.1, 0.15) is 0 Å². The Morgan fingerprint density at radius 3 is 2.55 bits per heavy atom. The summed E-state index contributed by atoms with van der Waals surface area (Å²) in [7, 11) is 1.61. The summed E-state index contributed by atoms with van der Waals surface area (Å²) in [5, 5.41) is 16.9. The molecule has 20 heavy (non-hydrogen) atoms. The molecule has 0 unspecified atom stereocenters. The molecule has 2 rings (SSSR count). The number of nitro groups is 1. The molecule has 5 nitrogen and oxygen atoms in total. The Bertz CT molecular complexity index is 664. The SMILES string of the molecule is CNc1cccc(Nc2ccc(F)c(Br)c2)c1[N+](=O)[O-]. The van der Waals surface area contributed by atoms with Crippen LogP contribution in [0.5, 0.6) is 0 Å². The van der Waals surface area contributed by atoms with Gasteiger partial charge in [0.25, 0.3) is 0 Å². The Hall–Kier alpha value is -2.15. The summed E-state index contributed by atoms with van der Waals surface area (Å²) in [5.74, 6) is -0.394. The number of nitrogens with zero attached hydrogens (tertiary/aromatic N) is 1. The fraction of sp³-hybridized carbons (Fsp3) is 0.0769. The van der Waals surface area contributed by atoms with Crippen molar-refractivity contribution in [3.63, 3.8) is 0 Å². The molecule has 0 spiro atoms. The lowest BCUT2D eigenvalue weighted by Gasteiger charge is -2.10. The molecule has 0 bridgehead atoms. The van der Waals surface area contributed by atoms with Crippen molar-refractivity contribution in [2.45, 2.75) is 0 Å². The molecule has 0 heterocycles. The number of halogens is 2. The van der Waals surface area contributed by atoms with Gasteiger partial charge in [0.15, 0.2) is 0 Å². The van der Waals surface area contributed by atoms with E-state index in [-0.39, 0.29) is 10.2 Å². The average Bonchev–Trinajstić information content (AvgIpc) is 2.42. The number of nitro benzene ring substituents is 1. The van der Waals surface area contributed by atoms with Crippen LogP contribution in [0.25, 0.3) is 0 Å². The summed E-state index contributed by atoms with van der Waals surface area (Å²) in [6, 6.07) is 9.21. The summed E-state index contributed by atoms with van der Waals surface area (Å²) < 4.78 is 13.5. The Labute approximate surface area is 123 Å². The van der Waals surface area contributed by atoms with Crippen LogP contribution in [0.2, 0.25) is 0 Å². The van der Waals surface area contributed by atoms with E-state index in [4.69, 9.17) is 0 Å². The Morgan fingerprint density at radius 1 is 1.25 bits per heavy atom. The number of para-hydroxylation sites is 1. The average molecular weight is 340 g/mol. The predicted molar refractivity (Wildman–Crippen MR) is 80.0 cm³/mol. The number of rotatable bonds is 4. The van der Waals surface area contributed by atoms with Gasteiger partial charge in [-0.25, -0.2) is 4.39 Å².